The van der Waals surface area contributed by atoms with E-state index in [1.54, 1.807) is 0 Å². The summed E-state index contributed by atoms with van der Waals surface area (Å²) < 4.78 is 5.99. The van der Waals surface area contributed by atoms with Crippen molar-refractivity contribution in [2.45, 2.75) is 71.8 Å². The van der Waals surface area contributed by atoms with Crippen LogP contribution in [-0.2, 0) is 4.74 Å². The fraction of sp³-hybridized carbons (Fsp3) is 0.789. The molecule has 1 unspecified atom stereocenters. The van der Waals surface area contributed by atoms with E-state index in [2.05, 4.69) is 52.4 Å². The Kier molecular flexibility index (Phi) is 12.7. The maximum atomic E-state index is 5.99. The molecule has 0 fully saturated rings. The van der Waals surface area contributed by atoms with Crippen molar-refractivity contribution in [1.29, 1.82) is 0 Å². The molecule has 0 amide bonds. The zero-order chi connectivity index (χ0) is 16.1. The van der Waals surface area contributed by atoms with E-state index in [1.165, 1.54) is 31.3 Å². The summed E-state index contributed by atoms with van der Waals surface area (Å²) in [6, 6.07) is 0. The second kappa shape index (κ2) is 13.1. The van der Waals surface area contributed by atoms with E-state index in [4.69, 9.17) is 4.74 Å². The molecule has 0 aromatic carbocycles. The summed E-state index contributed by atoms with van der Waals surface area (Å²) in [7, 11) is 4.20. The number of hydrogen-bond donors (Lipinski definition) is 0. The smallest absolute Gasteiger partial charge is 0.0782 e. The molecule has 124 valence electrons. The second-order valence-corrected chi connectivity index (χ2v) is 6.45. The van der Waals surface area contributed by atoms with Crippen molar-refractivity contribution in [3.05, 3.63) is 23.8 Å². The molecular formula is C19H37NO. The topological polar surface area (TPSA) is 12.5 Å². The highest BCUT2D eigenvalue weighted by molar-refractivity contribution is 5.03. The van der Waals surface area contributed by atoms with Crippen LogP contribution in [0.3, 0.4) is 0 Å². The molecular weight excluding hydrogens is 258 g/mol. The number of allylic oxidation sites excluding steroid dienone is 2. The van der Waals surface area contributed by atoms with E-state index >= 15 is 0 Å². The Morgan fingerprint density at radius 2 is 1.90 bits per heavy atom. The van der Waals surface area contributed by atoms with E-state index in [-0.39, 0.29) is 6.10 Å². The number of nitrogens with zero attached hydrogens (tertiary/aromatic N) is 1. The van der Waals surface area contributed by atoms with Crippen LogP contribution in [0.1, 0.15) is 65.7 Å². The Hall–Kier alpha value is -0.600. The maximum Gasteiger partial charge on any atom is 0.0782 e. The standard InChI is InChI=1S/C19H37NO/c1-7-8-9-10-12-18(4)13-14-19(17(2)3)21-16-11-15-20(5)6/h12,19H,2,7-11,13-16H2,1,3-6H3/b18-12-. The normalized spacial score (nSPS) is 13.7. The first-order chi connectivity index (χ1) is 9.97. The molecule has 0 aromatic heterocycles. The van der Waals surface area contributed by atoms with Crippen molar-refractivity contribution in [1.82, 2.24) is 4.90 Å². The molecule has 2 heteroatoms. The Morgan fingerprint density at radius 3 is 2.48 bits per heavy atom. The lowest BCUT2D eigenvalue weighted by molar-refractivity contribution is 0.0670. The van der Waals surface area contributed by atoms with Gasteiger partial charge < -0.3 is 9.64 Å². The van der Waals surface area contributed by atoms with Crippen molar-refractivity contribution in [3.8, 4) is 0 Å². The Balaban J connectivity index is 3.94. The summed E-state index contributed by atoms with van der Waals surface area (Å²) >= 11 is 0. The monoisotopic (exact) mass is 295 g/mol. The second-order valence-electron chi connectivity index (χ2n) is 6.45. The van der Waals surface area contributed by atoms with Gasteiger partial charge in [-0.05, 0) is 66.6 Å². The SMILES string of the molecule is C=C(C)C(CC/C(C)=C\CCCCC)OCCCN(C)C. The largest absolute Gasteiger partial charge is 0.374 e. The molecule has 1 atom stereocenters. The third-order valence-electron chi connectivity index (χ3n) is 3.72. The molecule has 0 aliphatic heterocycles. The highest BCUT2D eigenvalue weighted by atomic mass is 16.5. The number of hydrogen-bond acceptors (Lipinski definition) is 2. The molecule has 2 nitrogen and oxygen atoms in total. The first-order valence-corrected chi connectivity index (χ1v) is 8.54. The van der Waals surface area contributed by atoms with Gasteiger partial charge in [-0.25, -0.2) is 0 Å². The molecule has 0 aliphatic carbocycles. The third kappa shape index (κ3) is 12.8. The first-order valence-electron chi connectivity index (χ1n) is 8.54. The molecule has 0 heterocycles. The average Bonchev–Trinajstić information content (AvgIpc) is 2.42. The quantitative estimate of drug-likeness (QED) is 0.342. The number of rotatable bonds is 13. The van der Waals surface area contributed by atoms with Gasteiger partial charge in [-0.15, -0.1) is 0 Å². The molecule has 0 aliphatic rings. The minimum absolute atomic E-state index is 0.214. The van der Waals surface area contributed by atoms with Gasteiger partial charge in [0.1, 0.15) is 0 Å². The van der Waals surface area contributed by atoms with Crippen LogP contribution in [0.4, 0.5) is 0 Å². The highest BCUT2D eigenvalue weighted by Crippen LogP contribution is 2.16. The fourth-order valence-corrected chi connectivity index (χ4v) is 2.28. The van der Waals surface area contributed by atoms with Gasteiger partial charge >= 0.3 is 0 Å². The minimum Gasteiger partial charge on any atom is -0.374 e. The summed E-state index contributed by atoms with van der Waals surface area (Å²) in [4.78, 5) is 2.20. The van der Waals surface area contributed by atoms with Crippen LogP contribution >= 0.6 is 0 Å². The molecule has 21 heavy (non-hydrogen) atoms. The highest BCUT2D eigenvalue weighted by Gasteiger charge is 2.10. The van der Waals surface area contributed by atoms with E-state index in [9.17, 15) is 0 Å². The Morgan fingerprint density at radius 1 is 1.19 bits per heavy atom. The van der Waals surface area contributed by atoms with Crippen LogP contribution in [0.15, 0.2) is 23.8 Å². The Labute approximate surface area is 133 Å². The zero-order valence-corrected chi connectivity index (χ0v) is 15.1. The van der Waals surface area contributed by atoms with E-state index in [1.807, 2.05) is 0 Å². The Bertz CT molecular complexity index is 294. The van der Waals surface area contributed by atoms with Crippen LogP contribution in [0.25, 0.3) is 0 Å². The van der Waals surface area contributed by atoms with E-state index in [0.29, 0.717) is 0 Å². The predicted octanol–water partition coefficient (Wildman–Crippen LogP) is 5.21. The van der Waals surface area contributed by atoms with Gasteiger partial charge in [-0.2, -0.15) is 0 Å². The molecule has 0 saturated heterocycles. The summed E-state index contributed by atoms with van der Waals surface area (Å²) in [6.07, 6.45) is 11.1. The van der Waals surface area contributed by atoms with Crippen molar-refractivity contribution in [3.63, 3.8) is 0 Å². The maximum absolute atomic E-state index is 5.99. The van der Waals surface area contributed by atoms with Gasteiger partial charge in [0.25, 0.3) is 0 Å². The van der Waals surface area contributed by atoms with Crippen LogP contribution < -0.4 is 0 Å². The lowest BCUT2D eigenvalue weighted by Gasteiger charge is -2.19. The van der Waals surface area contributed by atoms with Crippen LogP contribution in [0.5, 0.6) is 0 Å². The van der Waals surface area contributed by atoms with Crippen LogP contribution in [-0.4, -0.2) is 38.3 Å². The summed E-state index contributed by atoms with van der Waals surface area (Å²) in [5.74, 6) is 0. The number of unbranched alkanes of at least 4 members (excludes halogenated alkanes) is 3. The van der Waals surface area contributed by atoms with Gasteiger partial charge in [0, 0.05) is 6.61 Å². The third-order valence-corrected chi connectivity index (χ3v) is 3.72. The van der Waals surface area contributed by atoms with E-state index < -0.39 is 0 Å². The van der Waals surface area contributed by atoms with Gasteiger partial charge in [0.2, 0.25) is 0 Å². The molecule has 0 bridgehead atoms. The van der Waals surface area contributed by atoms with Crippen molar-refractivity contribution in [2.24, 2.45) is 0 Å². The van der Waals surface area contributed by atoms with Gasteiger partial charge in [-0.1, -0.05) is 43.6 Å². The summed E-state index contributed by atoms with van der Waals surface area (Å²) in [5.41, 5.74) is 2.65. The molecule has 0 radical (unpaired) electrons. The first kappa shape index (κ1) is 20.4. The fourth-order valence-electron chi connectivity index (χ4n) is 2.28. The predicted molar refractivity (Wildman–Crippen MR) is 94.9 cm³/mol. The van der Waals surface area contributed by atoms with Crippen molar-refractivity contribution < 1.29 is 4.74 Å². The molecule has 0 spiro atoms. The zero-order valence-electron chi connectivity index (χ0n) is 15.1. The van der Waals surface area contributed by atoms with Crippen molar-refractivity contribution in [2.75, 3.05) is 27.2 Å². The van der Waals surface area contributed by atoms with Crippen LogP contribution in [0, 0.1) is 0 Å². The molecule has 0 rings (SSSR count). The molecule has 0 N–H and O–H groups in total. The van der Waals surface area contributed by atoms with Gasteiger partial charge in [0.15, 0.2) is 0 Å². The lowest BCUT2D eigenvalue weighted by Crippen LogP contribution is -2.19. The minimum atomic E-state index is 0.214. The molecule has 0 saturated carbocycles. The van der Waals surface area contributed by atoms with E-state index in [0.717, 1.165) is 38.0 Å². The average molecular weight is 296 g/mol. The van der Waals surface area contributed by atoms with Crippen LogP contribution in [0.2, 0.25) is 0 Å². The summed E-state index contributed by atoms with van der Waals surface area (Å²) in [5, 5.41) is 0. The lowest BCUT2D eigenvalue weighted by atomic mass is 10.0. The van der Waals surface area contributed by atoms with Crippen molar-refractivity contribution >= 4 is 0 Å². The summed E-state index contributed by atoms with van der Waals surface area (Å²) in [6.45, 7) is 12.6. The molecule has 0 aromatic rings. The van der Waals surface area contributed by atoms with Gasteiger partial charge in [0.05, 0.1) is 6.10 Å². The number of ether oxygens (including phenoxy) is 1. The van der Waals surface area contributed by atoms with Gasteiger partial charge in [-0.3, -0.25) is 0 Å².